The number of nitrogens with one attached hydrogen (secondary N) is 1. The van der Waals surface area contributed by atoms with Crippen molar-refractivity contribution in [2.45, 2.75) is 11.8 Å². The number of hydrogen-bond acceptors (Lipinski definition) is 6. The van der Waals surface area contributed by atoms with E-state index in [1.54, 1.807) is 30.9 Å². The molecule has 1 amide bonds. The molecule has 0 bridgehead atoms. The van der Waals surface area contributed by atoms with Crippen molar-refractivity contribution in [1.82, 2.24) is 14.8 Å². The molecule has 10 heteroatoms. The van der Waals surface area contributed by atoms with Crippen LogP contribution in [0, 0.1) is 5.82 Å². The molecule has 0 saturated heterocycles. The molecular weight excluding hydrogens is 419 g/mol. The van der Waals surface area contributed by atoms with Gasteiger partial charge in [-0.25, -0.2) is 4.39 Å². The Kier molecular flexibility index (Phi) is 6.95. The van der Waals surface area contributed by atoms with Gasteiger partial charge in [0.25, 0.3) is 0 Å². The third-order valence-electron chi connectivity index (χ3n) is 3.89. The first kappa shape index (κ1) is 20.9. The van der Waals surface area contributed by atoms with Gasteiger partial charge in [-0.2, -0.15) is 0 Å². The van der Waals surface area contributed by atoms with Gasteiger partial charge in [-0.3, -0.25) is 4.79 Å². The molecule has 0 spiro atoms. The van der Waals surface area contributed by atoms with Crippen LogP contribution in [-0.2, 0) is 18.4 Å². The van der Waals surface area contributed by atoms with Crippen molar-refractivity contribution in [3.05, 3.63) is 59.1 Å². The highest BCUT2D eigenvalue weighted by Gasteiger charge is 2.13. The molecule has 0 aliphatic rings. The zero-order valence-electron chi connectivity index (χ0n) is 15.7. The molecule has 0 aliphatic carbocycles. The Morgan fingerprint density at radius 1 is 1.24 bits per heavy atom. The molecular formula is C19H18ClFN4O3S. The maximum absolute atomic E-state index is 13.2. The van der Waals surface area contributed by atoms with Crippen LogP contribution in [0.5, 0.6) is 11.5 Å². The van der Waals surface area contributed by atoms with Crippen LogP contribution >= 0.6 is 23.4 Å². The summed E-state index contributed by atoms with van der Waals surface area (Å²) < 4.78 is 25.9. The van der Waals surface area contributed by atoms with Crippen LogP contribution in [-0.4, -0.2) is 33.5 Å². The molecule has 7 nitrogen and oxygen atoms in total. The van der Waals surface area contributed by atoms with E-state index in [1.165, 1.54) is 30.0 Å². The van der Waals surface area contributed by atoms with E-state index in [0.717, 1.165) is 0 Å². The van der Waals surface area contributed by atoms with Gasteiger partial charge in [0, 0.05) is 12.7 Å². The Hall–Kier alpha value is -2.78. The highest BCUT2D eigenvalue weighted by atomic mass is 35.5. The fourth-order valence-electron chi connectivity index (χ4n) is 2.38. The first-order valence-electron chi connectivity index (χ1n) is 8.49. The van der Waals surface area contributed by atoms with Crippen LogP contribution in [0.25, 0.3) is 0 Å². The Labute approximate surface area is 176 Å². The number of rotatable bonds is 8. The van der Waals surface area contributed by atoms with Gasteiger partial charge in [0.05, 0.1) is 17.9 Å². The number of amides is 1. The van der Waals surface area contributed by atoms with Crippen molar-refractivity contribution in [3.8, 4) is 11.5 Å². The number of methoxy groups -OCH3 is 1. The van der Waals surface area contributed by atoms with Crippen LogP contribution in [0.1, 0.15) is 5.82 Å². The van der Waals surface area contributed by atoms with Gasteiger partial charge in [0.15, 0.2) is 22.5 Å². The number of ether oxygens (including phenoxy) is 2. The summed E-state index contributed by atoms with van der Waals surface area (Å²) in [7, 11) is 3.37. The van der Waals surface area contributed by atoms with Gasteiger partial charge in [-0.1, -0.05) is 35.5 Å². The maximum atomic E-state index is 13.2. The fraction of sp³-hybridized carbons (Fsp3) is 0.211. The Morgan fingerprint density at radius 3 is 2.72 bits per heavy atom. The summed E-state index contributed by atoms with van der Waals surface area (Å²) in [6.45, 7) is 0.199. The van der Waals surface area contributed by atoms with Crippen molar-refractivity contribution >= 4 is 35.0 Å². The summed E-state index contributed by atoms with van der Waals surface area (Å²) in [5.41, 5.74) is 0.422. The van der Waals surface area contributed by atoms with E-state index in [-0.39, 0.29) is 23.3 Å². The number of para-hydroxylation sites is 2. The predicted molar refractivity (Wildman–Crippen MR) is 109 cm³/mol. The fourth-order valence-corrected chi connectivity index (χ4v) is 3.29. The van der Waals surface area contributed by atoms with Crippen molar-refractivity contribution in [2.24, 2.45) is 7.05 Å². The molecule has 3 rings (SSSR count). The van der Waals surface area contributed by atoms with E-state index in [9.17, 15) is 9.18 Å². The Bertz CT molecular complexity index is 1010. The number of carbonyl (C=O) groups is 1. The predicted octanol–water partition coefficient (Wildman–Crippen LogP) is 3.93. The second kappa shape index (κ2) is 9.62. The summed E-state index contributed by atoms with van der Waals surface area (Å²) >= 11 is 6.94. The molecule has 0 unspecified atom stereocenters. The average molecular weight is 437 g/mol. The standard InChI is InChI=1S/C19H18ClFN4O3S/c1-25-17(10-28-16-6-4-3-5-15(16)27-2)23-24-19(25)29-11-18(26)22-12-7-8-14(21)13(20)9-12/h3-9H,10-11H2,1-2H3,(H,22,26). The molecule has 1 aromatic heterocycles. The van der Waals surface area contributed by atoms with Gasteiger partial charge in [0.2, 0.25) is 5.91 Å². The quantitative estimate of drug-likeness (QED) is 0.539. The number of hydrogen-bond donors (Lipinski definition) is 1. The van der Waals surface area contributed by atoms with Crippen molar-refractivity contribution in [1.29, 1.82) is 0 Å². The van der Waals surface area contributed by atoms with Crippen LogP contribution in [0.15, 0.2) is 47.6 Å². The summed E-state index contributed by atoms with van der Waals surface area (Å²) in [4.78, 5) is 12.1. The second-order valence-electron chi connectivity index (χ2n) is 5.86. The van der Waals surface area contributed by atoms with E-state index in [1.807, 2.05) is 12.1 Å². The van der Waals surface area contributed by atoms with E-state index in [2.05, 4.69) is 15.5 Å². The molecule has 0 fully saturated rings. The topological polar surface area (TPSA) is 78.3 Å². The minimum atomic E-state index is -0.541. The lowest BCUT2D eigenvalue weighted by atomic mass is 10.3. The molecule has 0 atom stereocenters. The molecule has 0 aliphatic heterocycles. The van der Waals surface area contributed by atoms with Gasteiger partial charge in [-0.05, 0) is 30.3 Å². The van der Waals surface area contributed by atoms with E-state index < -0.39 is 5.82 Å². The summed E-state index contributed by atoms with van der Waals surface area (Å²) in [6.07, 6.45) is 0. The molecule has 0 saturated carbocycles. The highest BCUT2D eigenvalue weighted by Crippen LogP contribution is 2.27. The molecule has 1 heterocycles. The smallest absolute Gasteiger partial charge is 0.234 e. The zero-order chi connectivity index (χ0) is 20.8. The van der Waals surface area contributed by atoms with E-state index >= 15 is 0 Å². The van der Waals surface area contributed by atoms with Gasteiger partial charge in [-0.15, -0.1) is 10.2 Å². The van der Waals surface area contributed by atoms with Crippen LogP contribution in [0.2, 0.25) is 5.02 Å². The lowest BCUT2D eigenvalue weighted by molar-refractivity contribution is -0.113. The first-order chi connectivity index (χ1) is 14.0. The molecule has 0 radical (unpaired) electrons. The van der Waals surface area contributed by atoms with Gasteiger partial charge in [0.1, 0.15) is 12.4 Å². The zero-order valence-corrected chi connectivity index (χ0v) is 17.3. The molecule has 29 heavy (non-hydrogen) atoms. The average Bonchev–Trinajstić information content (AvgIpc) is 3.07. The lowest BCUT2D eigenvalue weighted by Crippen LogP contribution is -2.14. The maximum Gasteiger partial charge on any atom is 0.234 e. The third-order valence-corrected chi connectivity index (χ3v) is 5.20. The van der Waals surface area contributed by atoms with Gasteiger partial charge < -0.3 is 19.4 Å². The molecule has 152 valence electrons. The number of anilines is 1. The largest absolute Gasteiger partial charge is 0.493 e. The molecule has 3 aromatic rings. The number of aromatic nitrogens is 3. The lowest BCUT2D eigenvalue weighted by Gasteiger charge is -2.10. The third kappa shape index (κ3) is 5.39. The van der Waals surface area contributed by atoms with Crippen molar-refractivity contribution in [2.75, 3.05) is 18.2 Å². The number of carbonyl (C=O) groups excluding carboxylic acids is 1. The highest BCUT2D eigenvalue weighted by molar-refractivity contribution is 7.99. The Balaban J connectivity index is 1.55. The first-order valence-corrected chi connectivity index (χ1v) is 9.86. The number of halogens is 2. The minimum Gasteiger partial charge on any atom is -0.493 e. The van der Waals surface area contributed by atoms with E-state index in [0.29, 0.717) is 28.2 Å². The molecule has 2 aromatic carbocycles. The van der Waals surface area contributed by atoms with Crippen LogP contribution in [0.3, 0.4) is 0 Å². The summed E-state index contributed by atoms with van der Waals surface area (Å²) in [5.74, 6) is 1.12. The number of benzene rings is 2. The molecule has 1 N–H and O–H groups in total. The van der Waals surface area contributed by atoms with Crippen molar-refractivity contribution in [3.63, 3.8) is 0 Å². The minimum absolute atomic E-state index is 0.0524. The second-order valence-corrected chi connectivity index (χ2v) is 7.21. The summed E-state index contributed by atoms with van der Waals surface area (Å²) in [6, 6.07) is 11.3. The normalized spacial score (nSPS) is 10.6. The van der Waals surface area contributed by atoms with Gasteiger partial charge >= 0.3 is 0 Å². The number of thioether (sulfide) groups is 1. The van der Waals surface area contributed by atoms with Crippen LogP contribution < -0.4 is 14.8 Å². The SMILES string of the molecule is COc1ccccc1OCc1nnc(SCC(=O)Nc2ccc(F)c(Cl)c2)n1C. The van der Waals surface area contributed by atoms with Crippen LogP contribution in [0.4, 0.5) is 10.1 Å². The monoisotopic (exact) mass is 436 g/mol. The van der Waals surface area contributed by atoms with E-state index in [4.69, 9.17) is 21.1 Å². The van der Waals surface area contributed by atoms with Crippen molar-refractivity contribution < 1.29 is 18.7 Å². The summed E-state index contributed by atoms with van der Waals surface area (Å²) in [5, 5.41) is 11.4. The number of nitrogens with zero attached hydrogens (tertiary/aromatic N) is 3. The Morgan fingerprint density at radius 2 is 2.00 bits per heavy atom.